The molecule has 0 aliphatic carbocycles. The van der Waals surface area contributed by atoms with E-state index in [2.05, 4.69) is 15.3 Å². The van der Waals surface area contributed by atoms with E-state index in [1.807, 2.05) is 18.5 Å². The maximum Gasteiger partial charge on any atom is 0.417 e. The molecule has 4 aromatic rings. The predicted octanol–water partition coefficient (Wildman–Crippen LogP) is 3.77. The molecule has 7 heteroatoms. The van der Waals surface area contributed by atoms with Gasteiger partial charge in [0.15, 0.2) is 5.58 Å². The number of benzene rings is 2. The van der Waals surface area contributed by atoms with E-state index < -0.39 is 5.76 Å². The minimum atomic E-state index is -0.478. The number of H-pyrrole nitrogens is 1. The molecule has 0 aliphatic heterocycles. The number of aromatic amines is 1. The molecule has 2 aromatic heterocycles. The van der Waals surface area contributed by atoms with Gasteiger partial charge in [0.2, 0.25) is 0 Å². The first-order chi connectivity index (χ1) is 12.1. The summed E-state index contributed by atoms with van der Waals surface area (Å²) in [4.78, 5) is 18.6. The fourth-order valence-corrected chi connectivity index (χ4v) is 3.63. The Kier molecular flexibility index (Phi) is 3.95. The van der Waals surface area contributed by atoms with E-state index in [0.29, 0.717) is 17.6 Å². The van der Waals surface area contributed by atoms with Gasteiger partial charge in [0.05, 0.1) is 11.2 Å². The highest BCUT2D eigenvalue weighted by Crippen LogP contribution is 2.32. The van der Waals surface area contributed by atoms with Crippen LogP contribution in [0.5, 0.6) is 0 Å². The zero-order valence-corrected chi connectivity index (χ0v) is 14.1. The molecule has 2 aromatic carbocycles. The van der Waals surface area contributed by atoms with Crippen LogP contribution in [0.15, 0.2) is 51.0 Å². The lowest BCUT2D eigenvalue weighted by Gasteiger charge is -2.06. The Bertz CT molecular complexity index is 1110. The van der Waals surface area contributed by atoms with E-state index in [-0.39, 0.29) is 5.82 Å². The van der Waals surface area contributed by atoms with E-state index in [9.17, 15) is 9.18 Å². The Balaban J connectivity index is 1.75. The SMILES string of the molecule is CNCc1cc(F)ccc1-c1nc(-c2ccc3[nH]c(=O)oc3c2)cs1. The number of halogens is 1. The Labute approximate surface area is 146 Å². The van der Waals surface area contributed by atoms with Gasteiger partial charge in [0, 0.05) is 23.1 Å². The lowest BCUT2D eigenvalue weighted by atomic mass is 10.1. The van der Waals surface area contributed by atoms with Crippen LogP contribution in [0.1, 0.15) is 5.56 Å². The van der Waals surface area contributed by atoms with Gasteiger partial charge in [-0.1, -0.05) is 6.07 Å². The second kappa shape index (κ2) is 6.27. The molecule has 0 bridgehead atoms. The number of nitrogens with one attached hydrogen (secondary N) is 2. The van der Waals surface area contributed by atoms with Crippen molar-refractivity contribution in [3.8, 4) is 21.8 Å². The van der Waals surface area contributed by atoms with Crippen LogP contribution < -0.4 is 11.1 Å². The van der Waals surface area contributed by atoms with Gasteiger partial charge in [-0.25, -0.2) is 14.2 Å². The number of fused-ring (bicyclic) bond motifs is 1. The Morgan fingerprint density at radius 1 is 1.28 bits per heavy atom. The van der Waals surface area contributed by atoms with Crippen molar-refractivity contribution in [2.24, 2.45) is 0 Å². The minimum absolute atomic E-state index is 0.265. The Hall–Kier alpha value is -2.77. The van der Waals surface area contributed by atoms with Gasteiger partial charge in [-0.3, -0.25) is 4.98 Å². The largest absolute Gasteiger partial charge is 0.417 e. The van der Waals surface area contributed by atoms with Crippen molar-refractivity contribution in [3.05, 3.63) is 63.7 Å². The molecule has 0 fully saturated rings. The molecule has 4 rings (SSSR count). The van der Waals surface area contributed by atoms with E-state index in [1.54, 1.807) is 18.2 Å². The fraction of sp³-hybridized carbons (Fsp3) is 0.111. The van der Waals surface area contributed by atoms with Crippen molar-refractivity contribution in [1.82, 2.24) is 15.3 Å². The van der Waals surface area contributed by atoms with Crippen molar-refractivity contribution in [1.29, 1.82) is 0 Å². The molecule has 0 spiro atoms. The molecule has 0 saturated carbocycles. The van der Waals surface area contributed by atoms with Gasteiger partial charge in [-0.05, 0) is 42.9 Å². The molecule has 5 nitrogen and oxygen atoms in total. The molecule has 2 heterocycles. The molecule has 0 atom stereocenters. The number of hydrogen-bond acceptors (Lipinski definition) is 5. The number of oxazole rings is 1. The maximum absolute atomic E-state index is 13.5. The number of rotatable bonds is 4. The summed E-state index contributed by atoms with van der Waals surface area (Å²) in [5, 5.41) is 5.80. The van der Waals surface area contributed by atoms with Crippen LogP contribution in [0.25, 0.3) is 32.9 Å². The molecule has 0 radical (unpaired) electrons. The van der Waals surface area contributed by atoms with Crippen molar-refractivity contribution < 1.29 is 8.81 Å². The van der Waals surface area contributed by atoms with Gasteiger partial charge in [-0.15, -0.1) is 11.3 Å². The summed E-state index contributed by atoms with van der Waals surface area (Å²) in [6.07, 6.45) is 0. The van der Waals surface area contributed by atoms with Gasteiger partial charge < -0.3 is 9.73 Å². The van der Waals surface area contributed by atoms with E-state index in [1.165, 1.54) is 23.5 Å². The lowest BCUT2D eigenvalue weighted by Crippen LogP contribution is -2.06. The fourth-order valence-electron chi connectivity index (χ4n) is 2.74. The third-order valence-electron chi connectivity index (χ3n) is 3.89. The highest BCUT2D eigenvalue weighted by atomic mass is 32.1. The van der Waals surface area contributed by atoms with Gasteiger partial charge in [0.25, 0.3) is 0 Å². The van der Waals surface area contributed by atoms with Crippen molar-refractivity contribution in [2.45, 2.75) is 6.54 Å². The van der Waals surface area contributed by atoms with E-state index >= 15 is 0 Å². The average Bonchev–Trinajstić information content (AvgIpc) is 3.20. The average molecular weight is 355 g/mol. The second-order valence-electron chi connectivity index (χ2n) is 5.60. The number of hydrogen-bond donors (Lipinski definition) is 2. The quantitative estimate of drug-likeness (QED) is 0.585. The topological polar surface area (TPSA) is 70.9 Å². The molecule has 2 N–H and O–H groups in total. The van der Waals surface area contributed by atoms with Crippen LogP contribution in [-0.4, -0.2) is 17.0 Å². The molecule has 0 unspecified atom stereocenters. The summed E-state index contributed by atoms with van der Waals surface area (Å²) < 4.78 is 18.6. The first-order valence-electron chi connectivity index (χ1n) is 7.66. The first-order valence-corrected chi connectivity index (χ1v) is 8.54. The summed E-state index contributed by atoms with van der Waals surface area (Å²) in [6.45, 7) is 0.558. The third-order valence-corrected chi connectivity index (χ3v) is 4.76. The summed E-state index contributed by atoms with van der Waals surface area (Å²) >= 11 is 1.49. The number of nitrogens with zero attached hydrogens (tertiary/aromatic N) is 1. The first kappa shape index (κ1) is 15.7. The van der Waals surface area contributed by atoms with Gasteiger partial charge in [0.1, 0.15) is 10.8 Å². The van der Waals surface area contributed by atoms with Crippen molar-refractivity contribution in [2.75, 3.05) is 7.05 Å². The molecular formula is C18H14FN3O2S. The summed E-state index contributed by atoms with van der Waals surface area (Å²) in [7, 11) is 1.82. The van der Waals surface area contributed by atoms with Crippen LogP contribution in [0, 0.1) is 5.82 Å². The Morgan fingerprint density at radius 2 is 2.16 bits per heavy atom. The Morgan fingerprint density at radius 3 is 3.00 bits per heavy atom. The molecule has 25 heavy (non-hydrogen) atoms. The third kappa shape index (κ3) is 2.99. The van der Waals surface area contributed by atoms with Crippen LogP contribution in [0.3, 0.4) is 0 Å². The number of aromatic nitrogens is 2. The van der Waals surface area contributed by atoms with E-state index in [0.717, 1.165) is 27.4 Å². The molecular weight excluding hydrogens is 341 g/mol. The van der Waals surface area contributed by atoms with Crippen molar-refractivity contribution in [3.63, 3.8) is 0 Å². The van der Waals surface area contributed by atoms with Crippen molar-refractivity contribution >= 4 is 22.4 Å². The highest BCUT2D eigenvalue weighted by molar-refractivity contribution is 7.13. The highest BCUT2D eigenvalue weighted by Gasteiger charge is 2.12. The van der Waals surface area contributed by atoms with Gasteiger partial charge in [-0.2, -0.15) is 0 Å². The normalized spacial score (nSPS) is 11.3. The molecule has 0 aliphatic rings. The van der Waals surface area contributed by atoms with Gasteiger partial charge >= 0.3 is 5.76 Å². The summed E-state index contributed by atoms with van der Waals surface area (Å²) in [6, 6.07) is 10.2. The van der Waals surface area contributed by atoms with Crippen LogP contribution in [-0.2, 0) is 6.54 Å². The van der Waals surface area contributed by atoms with Crippen LogP contribution >= 0.6 is 11.3 Å². The smallest absolute Gasteiger partial charge is 0.408 e. The maximum atomic E-state index is 13.5. The standard InChI is InChI=1S/C18H14FN3O2S/c1-20-8-11-6-12(19)3-4-13(11)17-21-15(9-25-17)10-2-5-14-16(7-10)24-18(23)22-14/h2-7,9,20H,8H2,1H3,(H,22,23). The molecule has 126 valence electrons. The number of thiazole rings is 1. The second-order valence-corrected chi connectivity index (χ2v) is 6.45. The predicted molar refractivity (Wildman–Crippen MR) is 96.1 cm³/mol. The van der Waals surface area contributed by atoms with Crippen LogP contribution in [0.2, 0.25) is 0 Å². The molecule has 0 saturated heterocycles. The monoisotopic (exact) mass is 355 g/mol. The zero-order valence-electron chi connectivity index (χ0n) is 13.3. The summed E-state index contributed by atoms with van der Waals surface area (Å²) in [5.41, 5.74) is 4.55. The van der Waals surface area contributed by atoms with Crippen LogP contribution in [0.4, 0.5) is 4.39 Å². The lowest BCUT2D eigenvalue weighted by molar-refractivity contribution is 0.555. The molecule has 0 amide bonds. The summed E-state index contributed by atoms with van der Waals surface area (Å²) in [5.74, 6) is -0.743. The minimum Gasteiger partial charge on any atom is -0.408 e. The zero-order chi connectivity index (χ0) is 17.4. The van der Waals surface area contributed by atoms with E-state index in [4.69, 9.17) is 4.42 Å².